The molecular weight excluding hydrogens is 164 g/mol. The van der Waals surface area contributed by atoms with Crippen LogP contribution in [0.5, 0.6) is 0 Å². The van der Waals surface area contributed by atoms with E-state index >= 15 is 0 Å². The minimum absolute atomic E-state index is 0.0809. The van der Waals surface area contributed by atoms with Crippen LogP contribution in [-0.4, -0.2) is 17.5 Å². The number of aliphatic hydroxyl groups excluding tert-OH is 1. The Hall–Kier alpha value is -1.15. The largest absolute Gasteiger partial charge is 0.396 e. The van der Waals surface area contributed by atoms with Gasteiger partial charge in [0, 0.05) is 18.6 Å². The van der Waals surface area contributed by atoms with Gasteiger partial charge in [-0.15, -0.1) is 0 Å². The van der Waals surface area contributed by atoms with E-state index in [1.165, 1.54) is 0 Å². The number of Topliss-reactive ketones (excluding diaryl/α,β-unsaturated/α-hetero) is 1. The normalized spacial score (nSPS) is 10.0. The van der Waals surface area contributed by atoms with Crippen molar-refractivity contribution in [3.8, 4) is 0 Å². The van der Waals surface area contributed by atoms with Crippen LogP contribution in [0.25, 0.3) is 0 Å². The molecule has 0 aromatic heterocycles. The van der Waals surface area contributed by atoms with Gasteiger partial charge in [0.05, 0.1) is 0 Å². The number of benzene rings is 1. The van der Waals surface area contributed by atoms with Gasteiger partial charge in [0.25, 0.3) is 0 Å². The van der Waals surface area contributed by atoms with Crippen LogP contribution in [0.3, 0.4) is 0 Å². The minimum Gasteiger partial charge on any atom is -0.396 e. The number of carbonyl (C=O) groups is 1. The van der Waals surface area contributed by atoms with Gasteiger partial charge in [0.2, 0.25) is 0 Å². The monoisotopic (exact) mass is 178 g/mol. The molecule has 0 aliphatic heterocycles. The second kappa shape index (κ2) is 4.77. The summed E-state index contributed by atoms with van der Waals surface area (Å²) in [5.74, 6) is 0.109. The molecule has 0 radical (unpaired) electrons. The third-order valence-corrected chi connectivity index (χ3v) is 1.90. The molecule has 70 valence electrons. The van der Waals surface area contributed by atoms with Gasteiger partial charge < -0.3 is 5.11 Å². The summed E-state index contributed by atoms with van der Waals surface area (Å²) >= 11 is 0. The highest BCUT2D eigenvalue weighted by atomic mass is 16.3. The van der Waals surface area contributed by atoms with Crippen molar-refractivity contribution < 1.29 is 9.90 Å². The molecule has 1 rings (SSSR count). The van der Waals surface area contributed by atoms with Gasteiger partial charge in [-0.05, 0) is 19.4 Å². The van der Waals surface area contributed by atoms with Crippen molar-refractivity contribution in [3.63, 3.8) is 0 Å². The molecule has 2 nitrogen and oxygen atoms in total. The van der Waals surface area contributed by atoms with E-state index in [1.54, 1.807) is 0 Å². The van der Waals surface area contributed by atoms with Gasteiger partial charge in [-0.3, -0.25) is 4.79 Å². The molecule has 0 bridgehead atoms. The maximum absolute atomic E-state index is 11.4. The second-order valence-corrected chi connectivity index (χ2v) is 3.12. The molecule has 0 atom stereocenters. The third kappa shape index (κ3) is 2.99. The van der Waals surface area contributed by atoms with Crippen molar-refractivity contribution in [2.75, 3.05) is 6.61 Å². The van der Waals surface area contributed by atoms with Gasteiger partial charge in [-0.1, -0.05) is 23.8 Å². The summed E-state index contributed by atoms with van der Waals surface area (Å²) in [5, 5.41) is 8.56. The summed E-state index contributed by atoms with van der Waals surface area (Å²) in [4.78, 5) is 11.4. The van der Waals surface area contributed by atoms with Crippen molar-refractivity contribution in [2.45, 2.75) is 19.8 Å². The number of hydrogen-bond acceptors (Lipinski definition) is 2. The van der Waals surface area contributed by atoms with Gasteiger partial charge in [0.15, 0.2) is 5.78 Å². The summed E-state index contributed by atoms with van der Waals surface area (Å²) in [5.41, 5.74) is 1.84. The summed E-state index contributed by atoms with van der Waals surface area (Å²) in [6, 6.07) is 7.52. The molecule has 0 amide bonds. The molecule has 2 heteroatoms. The van der Waals surface area contributed by atoms with Crippen LogP contribution >= 0.6 is 0 Å². The van der Waals surface area contributed by atoms with Crippen molar-refractivity contribution in [3.05, 3.63) is 35.4 Å². The quantitative estimate of drug-likeness (QED) is 0.715. The highest BCUT2D eigenvalue weighted by Gasteiger charge is 2.04. The first-order valence-electron chi connectivity index (χ1n) is 4.45. The van der Waals surface area contributed by atoms with E-state index in [2.05, 4.69) is 0 Å². The standard InChI is InChI=1S/C11H14O2/c1-9-4-2-5-10(8-9)11(13)6-3-7-12/h2,4-5,8,12H,3,6-7H2,1H3. The Kier molecular flexibility index (Phi) is 3.65. The molecule has 0 spiro atoms. The number of aryl methyl sites for hydroxylation is 1. The number of carbonyl (C=O) groups excluding carboxylic acids is 1. The Morgan fingerprint density at radius 1 is 1.46 bits per heavy atom. The SMILES string of the molecule is Cc1cccc(C(=O)CCCO)c1. The summed E-state index contributed by atoms with van der Waals surface area (Å²) in [7, 11) is 0. The van der Waals surface area contributed by atoms with Gasteiger partial charge in [-0.25, -0.2) is 0 Å². The van der Waals surface area contributed by atoms with Crippen LogP contribution < -0.4 is 0 Å². The predicted octanol–water partition coefficient (Wildman–Crippen LogP) is 1.95. The first-order valence-corrected chi connectivity index (χ1v) is 4.45. The fourth-order valence-electron chi connectivity index (χ4n) is 1.20. The topological polar surface area (TPSA) is 37.3 Å². The lowest BCUT2D eigenvalue weighted by Crippen LogP contribution is -2.00. The van der Waals surface area contributed by atoms with Gasteiger partial charge >= 0.3 is 0 Å². The number of rotatable bonds is 4. The lowest BCUT2D eigenvalue weighted by atomic mass is 10.0. The molecule has 0 aliphatic rings. The highest BCUT2D eigenvalue weighted by Crippen LogP contribution is 2.07. The predicted molar refractivity (Wildman–Crippen MR) is 51.8 cm³/mol. The van der Waals surface area contributed by atoms with E-state index in [1.807, 2.05) is 31.2 Å². The van der Waals surface area contributed by atoms with Crippen molar-refractivity contribution >= 4 is 5.78 Å². The first kappa shape index (κ1) is 9.93. The zero-order valence-corrected chi connectivity index (χ0v) is 7.79. The first-order chi connectivity index (χ1) is 6.24. The zero-order valence-electron chi connectivity index (χ0n) is 7.79. The summed E-state index contributed by atoms with van der Waals surface area (Å²) in [6.07, 6.45) is 0.979. The lowest BCUT2D eigenvalue weighted by Gasteiger charge is -2.00. The van der Waals surface area contributed by atoms with E-state index in [9.17, 15) is 4.79 Å². The third-order valence-electron chi connectivity index (χ3n) is 1.90. The average molecular weight is 178 g/mol. The Morgan fingerprint density at radius 3 is 2.85 bits per heavy atom. The second-order valence-electron chi connectivity index (χ2n) is 3.12. The van der Waals surface area contributed by atoms with Crippen LogP contribution in [0.15, 0.2) is 24.3 Å². The van der Waals surface area contributed by atoms with E-state index in [0.29, 0.717) is 12.8 Å². The maximum Gasteiger partial charge on any atom is 0.162 e. The molecule has 0 fully saturated rings. The number of ketones is 1. The van der Waals surface area contributed by atoms with E-state index in [4.69, 9.17) is 5.11 Å². The van der Waals surface area contributed by atoms with Crippen LogP contribution in [0, 0.1) is 6.92 Å². The molecule has 1 aromatic carbocycles. The van der Waals surface area contributed by atoms with Crippen LogP contribution in [0.4, 0.5) is 0 Å². The maximum atomic E-state index is 11.4. The van der Waals surface area contributed by atoms with Crippen LogP contribution in [-0.2, 0) is 0 Å². The Labute approximate surface area is 78.2 Å². The van der Waals surface area contributed by atoms with E-state index in [0.717, 1.165) is 11.1 Å². The van der Waals surface area contributed by atoms with E-state index < -0.39 is 0 Å². The molecule has 0 aliphatic carbocycles. The van der Waals surface area contributed by atoms with Crippen molar-refractivity contribution in [1.82, 2.24) is 0 Å². The lowest BCUT2D eigenvalue weighted by molar-refractivity contribution is 0.0971. The Bertz CT molecular complexity index is 292. The van der Waals surface area contributed by atoms with Crippen molar-refractivity contribution in [1.29, 1.82) is 0 Å². The van der Waals surface area contributed by atoms with Gasteiger partial charge in [-0.2, -0.15) is 0 Å². The fraction of sp³-hybridized carbons (Fsp3) is 0.364. The smallest absolute Gasteiger partial charge is 0.162 e. The summed E-state index contributed by atoms with van der Waals surface area (Å²) in [6.45, 7) is 2.04. The Morgan fingerprint density at radius 2 is 2.23 bits per heavy atom. The summed E-state index contributed by atoms with van der Waals surface area (Å²) < 4.78 is 0. The average Bonchev–Trinajstić information content (AvgIpc) is 2.14. The van der Waals surface area contributed by atoms with Gasteiger partial charge in [0.1, 0.15) is 0 Å². The number of aliphatic hydroxyl groups is 1. The fourth-order valence-corrected chi connectivity index (χ4v) is 1.20. The molecule has 0 saturated heterocycles. The molecule has 1 aromatic rings. The molecule has 1 N–H and O–H groups in total. The number of hydrogen-bond donors (Lipinski definition) is 1. The molecule has 0 saturated carbocycles. The van der Waals surface area contributed by atoms with Crippen LogP contribution in [0.2, 0.25) is 0 Å². The van der Waals surface area contributed by atoms with Crippen LogP contribution in [0.1, 0.15) is 28.8 Å². The minimum atomic E-state index is 0.0809. The molecule has 0 unspecified atom stereocenters. The molecule has 0 heterocycles. The Balaban J connectivity index is 2.66. The van der Waals surface area contributed by atoms with Crippen molar-refractivity contribution in [2.24, 2.45) is 0 Å². The van der Waals surface area contributed by atoms with E-state index in [-0.39, 0.29) is 12.4 Å². The highest BCUT2D eigenvalue weighted by molar-refractivity contribution is 5.96. The molecular formula is C11H14O2. The molecule has 13 heavy (non-hydrogen) atoms. The zero-order chi connectivity index (χ0) is 9.68.